The second-order valence-corrected chi connectivity index (χ2v) is 7.62. The highest BCUT2D eigenvalue weighted by molar-refractivity contribution is 6.30. The van der Waals surface area contributed by atoms with Crippen molar-refractivity contribution in [3.05, 3.63) is 51.9 Å². The van der Waals surface area contributed by atoms with Crippen molar-refractivity contribution in [2.45, 2.75) is 33.7 Å². The lowest BCUT2D eigenvalue weighted by atomic mass is 10.1. The van der Waals surface area contributed by atoms with E-state index >= 15 is 0 Å². The minimum atomic E-state index is 0.730. The van der Waals surface area contributed by atoms with Crippen molar-refractivity contribution >= 4 is 17.6 Å². The fraction of sp³-hybridized carbons (Fsp3) is 0.524. The molecule has 152 valence electrons. The van der Waals surface area contributed by atoms with Crippen LogP contribution in [0.15, 0.2) is 33.8 Å². The molecule has 28 heavy (non-hydrogen) atoms. The Kier molecular flexibility index (Phi) is 7.34. The van der Waals surface area contributed by atoms with Crippen LogP contribution < -0.4 is 5.32 Å². The van der Waals surface area contributed by atoms with Crippen molar-refractivity contribution in [1.29, 1.82) is 0 Å². The van der Waals surface area contributed by atoms with Crippen LogP contribution in [-0.4, -0.2) is 60.2 Å². The second-order valence-electron chi connectivity index (χ2n) is 7.18. The van der Waals surface area contributed by atoms with E-state index < -0.39 is 0 Å². The first-order valence-electron chi connectivity index (χ1n) is 9.98. The monoisotopic (exact) mass is 403 g/mol. The number of guanidine groups is 1. The molecule has 0 bridgehead atoms. The number of aliphatic imine (C=N–C) groups is 1. The van der Waals surface area contributed by atoms with E-state index in [4.69, 9.17) is 21.1 Å². The third-order valence-electron chi connectivity index (χ3n) is 5.11. The molecule has 0 unspecified atom stereocenters. The Morgan fingerprint density at radius 3 is 2.68 bits per heavy atom. The van der Waals surface area contributed by atoms with Gasteiger partial charge in [0, 0.05) is 56.4 Å². The number of halogens is 1. The van der Waals surface area contributed by atoms with Crippen molar-refractivity contribution in [3.63, 3.8) is 0 Å². The van der Waals surface area contributed by atoms with Crippen molar-refractivity contribution in [3.8, 4) is 0 Å². The molecule has 1 aliphatic rings. The molecule has 1 fully saturated rings. The van der Waals surface area contributed by atoms with Gasteiger partial charge in [-0.3, -0.25) is 9.89 Å². The first-order valence-corrected chi connectivity index (χ1v) is 10.4. The molecule has 0 atom stereocenters. The molecule has 1 N–H and O–H groups in total. The van der Waals surface area contributed by atoms with Crippen LogP contribution in [0, 0.1) is 13.8 Å². The summed E-state index contributed by atoms with van der Waals surface area (Å²) in [5.41, 5.74) is 3.40. The van der Waals surface area contributed by atoms with Crippen LogP contribution in [0.5, 0.6) is 0 Å². The largest absolute Gasteiger partial charge is 0.361 e. The van der Waals surface area contributed by atoms with E-state index in [9.17, 15) is 0 Å². The first kappa shape index (κ1) is 20.7. The Balaban J connectivity index is 1.53. The summed E-state index contributed by atoms with van der Waals surface area (Å²) in [5.74, 6) is 1.89. The van der Waals surface area contributed by atoms with Crippen molar-refractivity contribution < 1.29 is 4.52 Å². The van der Waals surface area contributed by atoms with Crippen LogP contribution in [0.2, 0.25) is 5.02 Å². The SMILES string of the molecule is CCNC(=NCCc1c(C)noc1C)N1CCN(Cc2cccc(Cl)c2)CC1. The number of hydrogen-bond donors (Lipinski definition) is 1. The fourth-order valence-corrected chi connectivity index (χ4v) is 3.78. The summed E-state index contributed by atoms with van der Waals surface area (Å²) in [5, 5.41) is 8.26. The van der Waals surface area contributed by atoms with Gasteiger partial charge in [0.15, 0.2) is 5.96 Å². The maximum atomic E-state index is 6.11. The molecule has 7 heteroatoms. The molecule has 0 radical (unpaired) electrons. The van der Waals surface area contributed by atoms with Gasteiger partial charge >= 0.3 is 0 Å². The van der Waals surface area contributed by atoms with E-state index in [0.717, 1.165) is 74.7 Å². The van der Waals surface area contributed by atoms with Crippen molar-refractivity contribution in [2.24, 2.45) is 4.99 Å². The topological polar surface area (TPSA) is 56.9 Å². The molecular weight excluding hydrogens is 374 g/mol. The number of benzene rings is 1. The van der Waals surface area contributed by atoms with E-state index in [0.29, 0.717) is 0 Å². The summed E-state index contributed by atoms with van der Waals surface area (Å²) < 4.78 is 5.25. The smallest absolute Gasteiger partial charge is 0.194 e. The number of aryl methyl sites for hydroxylation is 2. The second kappa shape index (κ2) is 9.94. The summed E-state index contributed by atoms with van der Waals surface area (Å²) >= 11 is 6.11. The predicted molar refractivity (Wildman–Crippen MR) is 114 cm³/mol. The zero-order valence-corrected chi connectivity index (χ0v) is 17.8. The van der Waals surface area contributed by atoms with Gasteiger partial charge in [0.25, 0.3) is 0 Å². The molecule has 6 nitrogen and oxygen atoms in total. The van der Waals surface area contributed by atoms with Gasteiger partial charge < -0.3 is 14.7 Å². The van der Waals surface area contributed by atoms with Gasteiger partial charge in [-0.25, -0.2) is 0 Å². The molecule has 2 aromatic rings. The molecule has 0 aliphatic carbocycles. The molecule has 3 rings (SSSR count). The van der Waals surface area contributed by atoms with Gasteiger partial charge in [0.1, 0.15) is 5.76 Å². The Bertz CT molecular complexity index is 776. The van der Waals surface area contributed by atoms with E-state index in [1.807, 2.05) is 32.0 Å². The molecule has 1 aromatic heterocycles. The highest BCUT2D eigenvalue weighted by Gasteiger charge is 2.20. The average Bonchev–Trinajstić information content (AvgIpc) is 3.00. The third-order valence-corrected chi connectivity index (χ3v) is 5.34. The number of rotatable bonds is 6. The lowest BCUT2D eigenvalue weighted by Crippen LogP contribution is -2.52. The van der Waals surface area contributed by atoms with E-state index in [2.05, 4.69) is 33.3 Å². The quantitative estimate of drug-likeness (QED) is 0.592. The Labute approximate surface area is 172 Å². The van der Waals surface area contributed by atoms with Crippen LogP contribution in [0.1, 0.15) is 29.5 Å². The molecular formula is C21H30ClN5O. The number of nitrogens with one attached hydrogen (secondary N) is 1. The lowest BCUT2D eigenvalue weighted by molar-refractivity contribution is 0.172. The van der Waals surface area contributed by atoms with Crippen molar-refractivity contribution in [2.75, 3.05) is 39.3 Å². The number of aromatic nitrogens is 1. The zero-order chi connectivity index (χ0) is 19.9. The van der Waals surface area contributed by atoms with Gasteiger partial charge in [-0.15, -0.1) is 0 Å². The summed E-state index contributed by atoms with van der Waals surface area (Å²) in [4.78, 5) is 9.66. The summed E-state index contributed by atoms with van der Waals surface area (Å²) in [6.07, 6.45) is 0.852. The zero-order valence-electron chi connectivity index (χ0n) is 17.0. The highest BCUT2D eigenvalue weighted by atomic mass is 35.5. The highest BCUT2D eigenvalue weighted by Crippen LogP contribution is 2.15. The van der Waals surface area contributed by atoms with Crippen LogP contribution >= 0.6 is 11.6 Å². The molecule has 0 saturated carbocycles. The normalized spacial score (nSPS) is 15.9. The van der Waals surface area contributed by atoms with Crippen LogP contribution in [-0.2, 0) is 13.0 Å². The van der Waals surface area contributed by atoms with Crippen molar-refractivity contribution in [1.82, 2.24) is 20.3 Å². The van der Waals surface area contributed by atoms with Crippen LogP contribution in [0.3, 0.4) is 0 Å². The minimum Gasteiger partial charge on any atom is -0.361 e. The molecule has 2 heterocycles. The van der Waals surface area contributed by atoms with E-state index in [1.54, 1.807) is 0 Å². The number of hydrogen-bond acceptors (Lipinski definition) is 4. The van der Waals surface area contributed by atoms with E-state index in [1.165, 1.54) is 11.1 Å². The summed E-state index contributed by atoms with van der Waals surface area (Å²) in [7, 11) is 0. The standard InChI is InChI=1S/C21H30ClN5O/c1-4-23-21(24-9-8-20-16(2)25-28-17(20)3)27-12-10-26(11-13-27)15-18-6-5-7-19(22)14-18/h5-7,14H,4,8-13,15H2,1-3H3,(H,23,24). The predicted octanol–water partition coefficient (Wildman–Crippen LogP) is 3.27. The number of nitrogens with zero attached hydrogens (tertiary/aromatic N) is 4. The Hall–Kier alpha value is -2.05. The lowest BCUT2D eigenvalue weighted by Gasteiger charge is -2.36. The first-order chi connectivity index (χ1) is 13.6. The summed E-state index contributed by atoms with van der Waals surface area (Å²) in [6.45, 7) is 12.6. The molecule has 0 spiro atoms. The number of piperazine rings is 1. The molecule has 0 amide bonds. The molecule has 1 aliphatic heterocycles. The van der Waals surface area contributed by atoms with Gasteiger partial charge in [-0.1, -0.05) is 28.9 Å². The molecule has 1 saturated heterocycles. The maximum Gasteiger partial charge on any atom is 0.194 e. The fourth-order valence-electron chi connectivity index (χ4n) is 3.57. The summed E-state index contributed by atoms with van der Waals surface area (Å²) in [6, 6.07) is 8.13. The van der Waals surface area contributed by atoms with Crippen LogP contribution in [0.25, 0.3) is 0 Å². The maximum absolute atomic E-state index is 6.11. The van der Waals surface area contributed by atoms with Gasteiger partial charge in [-0.05, 0) is 44.9 Å². The third kappa shape index (κ3) is 5.49. The minimum absolute atomic E-state index is 0.730. The Morgan fingerprint density at radius 2 is 2.04 bits per heavy atom. The Morgan fingerprint density at radius 1 is 1.25 bits per heavy atom. The van der Waals surface area contributed by atoms with Gasteiger partial charge in [-0.2, -0.15) is 0 Å². The van der Waals surface area contributed by atoms with Gasteiger partial charge in [0.2, 0.25) is 0 Å². The van der Waals surface area contributed by atoms with Gasteiger partial charge in [0.05, 0.1) is 5.69 Å². The van der Waals surface area contributed by atoms with Crippen LogP contribution in [0.4, 0.5) is 0 Å². The molecule has 1 aromatic carbocycles. The van der Waals surface area contributed by atoms with E-state index in [-0.39, 0.29) is 0 Å². The average molecular weight is 404 g/mol.